The van der Waals surface area contributed by atoms with Crippen molar-refractivity contribution in [1.82, 2.24) is 10.3 Å². The van der Waals surface area contributed by atoms with Crippen LogP contribution in [0.5, 0.6) is 0 Å². The van der Waals surface area contributed by atoms with Crippen molar-refractivity contribution in [3.8, 4) is 0 Å². The number of aliphatic hydroxyl groups is 1. The topological polar surface area (TPSA) is 62.2 Å². The number of amides is 1. The molecule has 1 saturated carbocycles. The van der Waals surface area contributed by atoms with Gasteiger partial charge < -0.3 is 10.4 Å². The van der Waals surface area contributed by atoms with E-state index in [1.807, 2.05) is 6.92 Å². The Balaban J connectivity index is 2.07. The number of nitrogens with zero attached hydrogens (tertiary/aromatic N) is 1. The van der Waals surface area contributed by atoms with Gasteiger partial charge in [0, 0.05) is 10.7 Å². The molecule has 5 heteroatoms. The van der Waals surface area contributed by atoms with E-state index >= 15 is 0 Å². The second-order valence-electron chi connectivity index (χ2n) is 4.67. The fourth-order valence-corrected chi connectivity index (χ4v) is 2.06. The highest BCUT2D eigenvalue weighted by Crippen LogP contribution is 2.39. The number of carbonyl (C=O) groups is 1. The van der Waals surface area contributed by atoms with Crippen LogP contribution in [-0.2, 0) is 0 Å². The van der Waals surface area contributed by atoms with Crippen molar-refractivity contribution >= 4 is 21.8 Å². The van der Waals surface area contributed by atoms with Crippen LogP contribution in [-0.4, -0.2) is 28.1 Å². The highest BCUT2D eigenvalue weighted by molar-refractivity contribution is 9.10. The minimum absolute atomic E-state index is 0.0417. The third kappa shape index (κ3) is 2.84. The predicted octanol–water partition coefficient (Wildman–Crippen LogP) is 1.73. The Bertz CT molecular complexity index is 417. The molecule has 1 aromatic heterocycles. The van der Waals surface area contributed by atoms with Crippen LogP contribution in [0.25, 0.3) is 0 Å². The van der Waals surface area contributed by atoms with Crippen LogP contribution in [0.4, 0.5) is 0 Å². The third-order valence-corrected chi connectivity index (χ3v) is 3.64. The van der Waals surface area contributed by atoms with Gasteiger partial charge in [-0.15, -0.1) is 0 Å². The van der Waals surface area contributed by atoms with Gasteiger partial charge in [-0.05, 0) is 53.7 Å². The number of nitrogens with one attached hydrogen (secondary N) is 1. The number of rotatable bonds is 4. The van der Waals surface area contributed by atoms with E-state index in [0.717, 1.165) is 17.3 Å². The molecule has 1 unspecified atom stereocenters. The summed E-state index contributed by atoms with van der Waals surface area (Å²) < 4.78 is 0.834. The highest BCUT2D eigenvalue weighted by atomic mass is 79.9. The molecule has 0 radical (unpaired) electrons. The Kier molecular flexibility index (Phi) is 3.49. The molecule has 1 atom stereocenters. The monoisotopic (exact) mass is 298 g/mol. The van der Waals surface area contributed by atoms with Crippen LogP contribution < -0.4 is 5.32 Å². The lowest BCUT2D eigenvalue weighted by Crippen LogP contribution is -2.50. The van der Waals surface area contributed by atoms with E-state index in [2.05, 4.69) is 26.2 Å². The Hall–Kier alpha value is -0.940. The first-order chi connectivity index (χ1) is 8.05. The van der Waals surface area contributed by atoms with Crippen LogP contribution in [0.1, 0.15) is 30.3 Å². The normalized spacial score (nSPS) is 18.5. The Morgan fingerprint density at radius 2 is 2.35 bits per heavy atom. The Morgan fingerprint density at radius 3 is 2.82 bits per heavy atom. The minimum Gasteiger partial charge on any atom is -0.394 e. The number of carbonyl (C=O) groups excluding carboxylic acids is 1. The van der Waals surface area contributed by atoms with E-state index in [9.17, 15) is 9.90 Å². The number of hydrogen-bond acceptors (Lipinski definition) is 3. The van der Waals surface area contributed by atoms with Gasteiger partial charge in [-0.2, -0.15) is 0 Å². The summed E-state index contributed by atoms with van der Waals surface area (Å²) in [6.45, 7) is 1.83. The molecule has 0 saturated heterocycles. The van der Waals surface area contributed by atoms with Gasteiger partial charge in [-0.25, -0.2) is 4.98 Å². The molecule has 1 fully saturated rings. The van der Waals surface area contributed by atoms with Crippen LogP contribution in [0.3, 0.4) is 0 Å². The van der Waals surface area contributed by atoms with Crippen molar-refractivity contribution in [3.05, 3.63) is 28.5 Å². The first-order valence-electron chi connectivity index (χ1n) is 5.60. The van der Waals surface area contributed by atoms with Crippen molar-refractivity contribution in [3.63, 3.8) is 0 Å². The zero-order chi connectivity index (χ0) is 12.5. The summed E-state index contributed by atoms with van der Waals surface area (Å²) in [7, 11) is 0. The lowest BCUT2D eigenvalue weighted by atomic mass is 9.97. The number of aliphatic hydroxyl groups excluding tert-OH is 1. The van der Waals surface area contributed by atoms with Gasteiger partial charge >= 0.3 is 0 Å². The summed E-state index contributed by atoms with van der Waals surface area (Å²) in [5.74, 6) is 0.146. The molecule has 2 N–H and O–H groups in total. The van der Waals surface area contributed by atoms with Crippen molar-refractivity contribution in [2.45, 2.75) is 25.3 Å². The first kappa shape index (κ1) is 12.5. The standard InChI is InChI=1S/C12H15BrN2O2/c1-12(7-16,8-2-3-8)15-11(17)10-5-4-9(13)6-14-10/h4-6,8,16H,2-3,7H2,1H3,(H,15,17). The maximum absolute atomic E-state index is 12.0. The fraction of sp³-hybridized carbons (Fsp3) is 0.500. The van der Waals surface area contributed by atoms with Crippen LogP contribution in [0.2, 0.25) is 0 Å². The smallest absolute Gasteiger partial charge is 0.270 e. The Labute approximate surface area is 109 Å². The van der Waals surface area contributed by atoms with E-state index in [1.54, 1.807) is 18.3 Å². The first-order valence-corrected chi connectivity index (χ1v) is 6.39. The number of hydrogen-bond donors (Lipinski definition) is 2. The van der Waals surface area contributed by atoms with Crippen LogP contribution in [0.15, 0.2) is 22.8 Å². The molecule has 0 aliphatic heterocycles. The van der Waals surface area contributed by atoms with E-state index in [4.69, 9.17) is 0 Å². The summed E-state index contributed by atoms with van der Waals surface area (Å²) in [6.07, 6.45) is 3.71. The number of halogens is 1. The van der Waals surface area contributed by atoms with Gasteiger partial charge in [-0.1, -0.05) is 0 Å². The third-order valence-electron chi connectivity index (χ3n) is 3.17. The summed E-state index contributed by atoms with van der Waals surface area (Å²) in [6, 6.07) is 3.43. The zero-order valence-corrected chi connectivity index (χ0v) is 11.2. The molecule has 1 amide bonds. The predicted molar refractivity (Wildman–Crippen MR) is 67.6 cm³/mol. The summed E-state index contributed by atoms with van der Waals surface area (Å²) in [5, 5.41) is 12.3. The van der Waals surface area contributed by atoms with Gasteiger partial charge in [0.15, 0.2) is 0 Å². The van der Waals surface area contributed by atoms with Crippen LogP contribution in [0, 0.1) is 5.92 Å². The maximum atomic E-state index is 12.0. The SMILES string of the molecule is CC(CO)(NC(=O)c1ccc(Br)cn1)C1CC1. The molecule has 0 spiro atoms. The van der Waals surface area contributed by atoms with Crippen molar-refractivity contribution in [1.29, 1.82) is 0 Å². The molecule has 17 heavy (non-hydrogen) atoms. The highest BCUT2D eigenvalue weighted by Gasteiger charge is 2.42. The van der Waals surface area contributed by atoms with Crippen LogP contribution >= 0.6 is 15.9 Å². The molecule has 1 heterocycles. The van der Waals surface area contributed by atoms with E-state index in [1.165, 1.54) is 0 Å². The summed E-state index contributed by atoms with van der Waals surface area (Å²) in [5.41, 5.74) is -0.153. The minimum atomic E-state index is -0.522. The fourth-order valence-electron chi connectivity index (χ4n) is 1.82. The molecule has 1 aliphatic carbocycles. The molecular formula is C12H15BrN2O2. The van der Waals surface area contributed by atoms with Gasteiger partial charge in [0.25, 0.3) is 5.91 Å². The second-order valence-corrected chi connectivity index (χ2v) is 5.58. The Morgan fingerprint density at radius 1 is 1.65 bits per heavy atom. The summed E-state index contributed by atoms with van der Waals surface area (Å²) >= 11 is 3.27. The van der Waals surface area contributed by atoms with E-state index < -0.39 is 5.54 Å². The maximum Gasteiger partial charge on any atom is 0.270 e. The molecule has 1 aromatic rings. The van der Waals surface area contributed by atoms with Crippen molar-refractivity contribution in [2.24, 2.45) is 5.92 Å². The molecular weight excluding hydrogens is 284 g/mol. The second kappa shape index (κ2) is 4.74. The zero-order valence-electron chi connectivity index (χ0n) is 9.61. The van der Waals surface area contributed by atoms with Gasteiger partial charge in [0.2, 0.25) is 0 Å². The average molecular weight is 299 g/mol. The lowest BCUT2D eigenvalue weighted by Gasteiger charge is -2.28. The van der Waals surface area contributed by atoms with E-state index in [-0.39, 0.29) is 12.5 Å². The lowest BCUT2D eigenvalue weighted by molar-refractivity contribution is 0.0819. The number of aromatic nitrogens is 1. The quantitative estimate of drug-likeness (QED) is 0.890. The van der Waals surface area contributed by atoms with E-state index in [0.29, 0.717) is 11.6 Å². The number of pyridine rings is 1. The molecule has 0 bridgehead atoms. The van der Waals surface area contributed by atoms with Gasteiger partial charge in [0.05, 0.1) is 12.1 Å². The molecule has 0 aromatic carbocycles. The molecule has 4 nitrogen and oxygen atoms in total. The summed E-state index contributed by atoms with van der Waals surface area (Å²) in [4.78, 5) is 16.0. The van der Waals surface area contributed by atoms with Crippen molar-refractivity contribution < 1.29 is 9.90 Å². The molecule has 2 rings (SSSR count). The van der Waals surface area contributed by atoms with Gasteiger partial charge in [-0.3, -0.25) is 4.79 Å². The van der Waals surface area contributed by atoms with Gasteiger partial charge in [0.1, 0.15) is 5.69 Å². The van der Waals surface area contributed by atoms with Crippen molar-refractivity contribution in [2.75, 3.05) is 6.61 Å². The molecule has 92 valence electrons. The molecule has 1 aliphatic rings. The largest absolute Gasteiger partial charge is 0.394 e. The average Bonchev–Trinajstić information content (AvgIpc) is 3.13.